The van der Waals surface area contributed by atoms with Crippen molar-refractivity contribution in [2.75, 3.05) is 14.1 Å². The van der Waals surface area contributed by atoms with Crippen LogP contribution in [-0.2, 0) is 10.0 Å². The molecule has 0 amide bonds. The van der Waals surface area contributed by atoms with E-state index < -0.39 is 10.0 Å². The van der Waals surface area contributed by atoms with Gasteiger partial charge in [-0.1, -0.05) is 18.2 Å². The summed E-state index contributed by atoms with van der Waals surface area (Å²) < 4.78 is 39.2. The van der Waals surface area contributed by atoms with Crippen LogP contribution in [0.1, 0.15) is 2.74 Å². The van der Waals surface area contributed by atoms with Crippen molar-refractivity contribution in [3.05, 3.63) is 30.3 Å². The minimum Gasteiger partial charge on any atom is -0.207 e. The van der Waals surface area contributed by atoms with E-state index in [0.717, 1.165) is 4.31 Å². The molecule has 1 aromatic rings. The SMILES string of the molecule is [2H]c1cccc([2H])c1S(=O)(=O)N(C)C. The van der Waals surface area contributed by atoms with Gasteiger partial charge in [0.25, 0.3) is 0 Å². The van der Waals surface area contributed by atoms with Crippen molar-refractivity contribution in [2.24, 2.45) is 0 Å². The van der Waals surface area contributed by atoms with Gasteiger partial charge in [-0.05, 0) is 12.1 Å². The van der Waals surface area contributed by atoms with Crippen molar-refractivity contribution >= 4 is 10.0 Å². The van der Waals surface area contributed by atoms with Crippen LogP contribution in [0.4, 0.5) is 0 Å². The van der Waals surface area contributed by atoms with Crippen LogP contribution in [-0.4, -0.2) is 26.8 Å². The second-order valence-corrected chi connectivity index (χ2v) is 4.52. The third-order valence-electron chi connectivity index (χ3n) is 1.36. The molecule has 0 bridgehead atoms. The zero-order valence-electron chi connectivity index (χ0n) is 8.90. The van der Waals surface area contributed by atoms with Crippen LogP contribution in [0.5, 0.6) is 0 Å². The summed E-state index contributed by atoms with van der Waals surface area (Å²) in [7, 11) is -0.927. The summed E-state index contributed by atoms with van der Waals surface area (Å²) >= 11 is 0. The molecule has 3 nitrogen and oxygen atoms in total. The van der Waals surface area contributed by atoms with Gasteiger partial charge in [0.15, 0.2) is 0 Å². The lowest BCUT2D eigenvalue weighted by Gasteiger charge is -2.10. The number of hydrogen-bond donors (Lipinski definition) is 0. The highest BCUT2D eigenvalue weighted by Crippen LogP contribution is 2.10. The molecule has 0 atom stereocenters. The first-order chi connectivity index (χ1) is 6.37. The smallest absolute Gasteiger partial charge is 0.207 e. The Morgan fingerprint density at radius 2 is 1.75 bits per heavy atom. The molecule has 0 N–H and O–H groups in total. The van der Waals surface area contributed by atoms with E-state index in [-0.39, 0.29) is 17.0 Å². The summed E-state index contributed by atoms with van der Waals surface area (Å²) in [5.74, 6) is 0. The van der Waals surface area contributed by atoms with Gasteiger partial charge in [-0.3, -0.25) is 0 Å². The van der Waals surface area contributed by atoms with Crippen LogP contribution in [0, 0.1) is 0 Å². The summed E-state index contributed by atoms with van der Waals surface area (Å²) in [6, 6.07) is 3.90. The zero-order valence-corrected chi connectivity index (χ0v) is 7.72. The van der Waals surface area contributed by atoms with Crippen molar-refractivity contribution in [3.63, 3.8) is 0 Å². The summed E-state index contributed by atoms with van der Waals surface area (Å²) in [5.41, 5.74) is 0. The number of sulfonamides is 1. The number of hydrogen-bond acceptors (Lipinski definition) is 2. The fourth-order valence-corrected chi connectivity index (χ4v) is 1.47. The second kappa shape index (κ2) is 3.25. The van der Waals surface area contributed by atoms with Crippen molar-refractivity contribution in [1.82, 2.24) is 4.31 Å². The lowest BCUT2D eigenvalue weighted by atomic mass is 10.4. The van der Waals surface area contributed by atoms with Crippen LogP contribution < -0.4 is 0 Å². The molecule has 0 radical (unpaired) electrons. The van der Waals surface area contributed by atoms with Crippen LogP contribution in [0.2, 0.25) is 0 Å². The molecule has 0 saturated heterocycles. The molecule has 1 rings (SSSR count). The Balaban J connectivity index is 3.48. The number of nitrogens with zero attached hydrogens (tertiary/aromatic N) is 1. The van der Waals surface area contributed by atoms with E-state index in [9.17, 15) is 8.42 Å². The highest BCUT2D eigenvalue weighted by molar-refractivity contribution is 7.89. The zero-order chi connectivity index (χ0) is 10.9. The van der Waals surface area contributed by atoms with Gasteiger partial charge in [0.1, 0.15) is 0 Å². The molecule has 0 aliphatic carbocycles. The molecule has 0 spiro atoms. The fourth-order valence-electron chi connectivity index (χ4n) is 0.669. The minimum atomic E-state index is -3.68. The molecule has 12 heavy (non-hydrogen) atoms. The van der Waals surface area contributed by atoms with Gasteiger partial charge >= 0.3 is 0 Å². The molecule has 0 heterocycles. The summed E-state index contributed by atoms with van der Waals surface area (Å²) in [6.07, 6.45) is 0. The first-order valence-electron chi connectivity index (χ1n) is 4.36. The summed E-state index contributed by atoms with van der Waals surface area (Å²) in [6.45, 7) is 0. The van der Waals surface area contributed by atoms with Crippen LogP contribution in [0.3, 0.4) is 0 Å². The van der Waals surface area contributed by atoms with Crippen molar-refractivity contribution in [1.29, 1.82) is 0 Å². The third kappa shape index (κ3) is 1.65. The van der Waals surface area contributed by atoms with Crippen LogP contribution >= 0.6 is 0 Å². The molecular weight excluding hydrogens is 174 g/mol. The van der Waals surface area contributed by atoms with E-state index in [2.05, 4.69) is 0 Å². The largest absolute Gasteiger partial charge is 0.242 e. The quantitative estimate of drug-likeness (QED) is 0.691. The molecule has 1 aromatic carbocycles. The standard InChI is InChI=1S/C8H11NO2S/c1-9(2)12(10,11)8-6-4-3-5-7-8/h3-7H,1-2H3/i6D,7D. The Labute approximate surface area is 75.5 Å². The summed E-state index contributed by atoms with van der Waals surface area (Å²) in [5, 5.41) is 0. The van der Waals surface area contributed by atoms with Crippen LogP contribution in [0.25, 0.3) is 0 Å². The lowest BCUT2D eigenvalue weighted by molar-refractivity contribution is 0.521. The molecule has 0 aliphatic rings. The minimum absolute atomic E-state index is 0.147. The third-order valence-corrected chi connectivity index (χ3v) is 3.07. The molecule has 66 valence electrons. The van der Waals surface area contributed by atoms with E-state index in [4.69, 9.17) is 2.74 Å². The van der Waals surface area contributed by atoms with E-state index >= 15 is 0 Å². The number of rotatable bonds is 2. The van der Waals surface area contributed by atoms with E-state index in [0.29, 0.717) is 0 Å². The number of benzene rings is 1. The average molecular weight is 187 g/mol. The van der Waals surface area contributed by atoms with Crippen molar-refractivity contribution in [2.45, 2.75) is 4.90 Å². The van der Waals surface area contributed by atoms with Gasteiger partial charge in [0.05, 0.1) is 7.64 Å². The monoisotopic (exact) mass is 187 g/mol. The molecule has 0 unspecified atom stereocenters. The Morgan fingerprint density at radius 3 is 2.17 bits per heavy atom. The highest BCUT2D eigenvalue weighted by atomic mass is 32.2. The van der Waals surface area contributed by atoms with E-state index in [1.807, 2.05) is 0 Å². The Bertz CT molecular complexity index is 422. The van der Waals surface area contributed by atoms with Gasteiger partial charge in [0, 0.05) is 14.1 Å². The maximum atomic E-state index is 11.7. The first-order valence-corrected chi connectivity index (χ1v) is 4.80. The summed E-state index contributed by atoms with van der Waals surface area (Å²) in [4.78, 5) is -0.245. The molecule has 0 aromatic heterocycles. The Kier molecular flexibility index (Phi) is 1.79. The van der Waals surface area contributed by atoms with E-state index in [1.165, 1.54) is 32.3 Å². The normalized spacial score (nSPS) is 14.2. The Hall–Kier alpha value is -0.870. The Morgan fingerprint density at radius 1 is 1.25 bits per heavy atom. The molecule has 0 aliphatic heterocycles. The first kappa shape index (κ1) is 6.62. The highest BCUT2D eigenvalue weighted by Gasteiger charge is 2.15. The van der Waals surface area contributed by atoms with Gasteiger partial charge in [-0.25, -0.2) is 12.7 Å². The van der Waals surface area contributed by atoms with Gasteiger partial charge in [-0.15, -0.1) is 0 Å². The topological polar surface area (TPSA) is 37.4 Å². The van der Waals surface area contributed by atoms with Gasteiger partial charge in [0.2, 0.25) is 10.0 Å². The van der Waals surface area contributed by atoms with Gasteiger partial charge in [-0.2, -0.15) is 0 Å². The van der Waals surface area contributed by atoms with Crippen LogP contribution in [0.15, 0.2) is 35.2 Å². The van der Waals surface area contributed by atoms with Crippen molar-refractivity contribution < 1.29 is 11.2 Å². The lowest BCUT2D eigenvalue weighted by Crippen LogP contribution is -2.21. The molecule has 0 saturated carbocycles. The van der Waals surface area contributed by atoms with E-state index in [1.54, 1.807) is 0 Å². The predicted octanol–water partition coefficient (Wildman–Crippen LogP) is 0.937. The maximum Gasteiger partial charge on any atom is 0.242 e. The molecule has 0 fully saturated rings. The van der Waals surface area contributed by atoms with Gasteiger partial charge < -0.3 is 0 Å². The predicted molar refractivity (Wildman–Crippen MR) is 47.3 cm³/mol. The molecular formula is C8H11NO2S. The maximum absolute atomic E-state index is 11.7. The molecule has 4 heteroatoms. The second-order valence-electron chi connectivity index (χ2n) is 2.43. The average Bonchev–Trinajstić information content (AvgIpc) is 2.02. The van der Waals surface area contributed by atoms with Crippen molar-refractivity contribution in [3.8, 4) is 0 Å². The fraction of sp³-hybridized carbons (Fsp3) is 0.250.